The van der Waals surface area contributed by atoms with Gasteiger partial charge in [-0.15, -0.1) is 0 Å². The highest BCUT2D eigenvalue weighted by molar-refractivity contribution is 6.33. The van der Waals surface area contributed by atoms with Gasteiger partial charge in [0, 0.05) is 62.3 Å². The topological polar surface area (TPSA) is 40.1 Å². The van der Waals surface area contributed by atoms with Gasteiger partial charge in [-0.25, -0.2) is 4.98 Å². The van der Waals surface area contributed by atoms with Crippen molar-refractivity contribution in [2.24, 2.45) is 0 Å². The first-order valence-corrected chi connectivity index (χ1v) is 14.5. The van der Waals surface area contributed by atoms with E-state index in [-0.39, 0.29) is 0 Å². The zero-order valence-electron chi connectivity index (χ0n) is 23.0. The van der Waals surface area contributed by atoms with Crippen LogP contribution in [-0.2, 0) is 0 Å². The van der Waals surface area contributed by atoms with Crippen molar-refractivity contribution in [3.63, 3.8) is 0 Å². The molecule has 5 aromatic carbocycles. The summed E-state index contributed by atoms with van der Waals surface area (Å²) in [6.07, 6.45) is 5.82. The number of pyridine rings is 2. The van der Waals surface area contributed by atoms with Crippen LogP contribution in [0, 0.1) is 0 Å². The van der Waals surface area contributed by atoms with Crippen LogP contribution in [0.1, 0.15) is 0 Å². The van der Waals surface area contributed by atoms with Crippen LogP contribution in [0.3, 0.4) is 0 Å². The largest absolute Gasteiger partial charge is 0.309 e. The zero-order chi connectivity index (χ0) is 28.1. The van der Waals surface area contributed by atoms with E-state index in [2.05, 4.69) is 135 Å². The Balaban J connectivity index is 1.52. The molecule has 0 aliphatic carbocycles. The van der Waals surface area contributed by atoms with Crippen LogP contribution in [0.25, 0.3) is 82.4 Å². The maximum absolute atomic E-state index is 4.98. The molecule has 0 saturated carbocycles. The quantitative estimate of drug-likeness (QED) is 0.202. The highest BCUT2D eigenvalue weighted by Gasteiger charge is 2.23. The number of rotatable bonds is 2. The summed E-state index contributed by atoms with van der Waals surface area (Å²) in [6, 6.07) is 43.4. The van der Waals surface area contributed by atoms with Gasteiger partial charge in [-0.1, -0.05) is 60.7 Å². The molecule has 0 atom stereocenters. The van der Waals surface area contributed by atoms with Crippen molar-refractivity contribution in [1.82, 2.24) is 23.5 Å². The monoisotopic (exact) mass is 549 g/mol. The first-order chi connectivity index (χ1) is 21.4. The third kappa shape index (κ3) is 2.90. The fraction of sp³-hybridized carbons (Fsp3) is 0. The minimum absolute atomic E-state index is 0.922. The molecule has 0 radical (unpaired) electrons. The number of aromatic nitrogens is 5. The molecule has 10 aromatic rings. The van der Waals surface area contributed by atoms with Crippen LogP contribution in [0.2, 0.25) is 0 Å². The predicted octanol–water partition coefficient (Wildman–Crippen LogP) is 9.23. The second-order valence-electron chi connectivity index (χ2n) is 11.1. The van der Waals surface area contributed by atoms with Crippen molar-refractivity contribution in [3.8, 4) is 11.4 Å². The molecule has 0 bridgehead atoms. The van der Waals surface area contributed by atoms with Gasteiger partial charge in [0.25, 0.3) is 0 Å². The number of imidazole rings is 1. The SMILES string of the molecule is c1ccc(-n2c3ccccc3c3c4c5ccc6c(c7ncccc7c7nccn67)c5n(-c5ccccc5)c4ccc32)cc1. The molecule has 5 heterocycles. The fourth-order valence-electron chi connectivity index (χ4n) is 7.26. The molecule has 0 amide bonds. The Hall–Kier alpha value is -5.94. The Morgan fingerprint density at radius 2 is 1.07 bits per heavy atom. The normalized spacial score (nSPS) is 12.2. The predicted molar refractivity (Wildman–Crippen MR) is 177 cm³/mol. The first-order valence-electron chi connectivity index (χ1n) is 14.5. The van der Waals surface area contributed by atoms with Crippen LogP contribution in [-0.4, -0.2) is 23.5 Å². The van der Waals surface area contributed by atoms with Crippen molar-refractivity contribution in [2.75, 3.05) is 0 Å². The lowest BCUT2D eigenvalue weighted by atomic mass is 10.0. The van der Waals surface area contributed by atoms with E-state index in [0.29, 0.717) is 0 Å². The fourth-order valence-corrected chi connectivity index (χ4v) is 7.26. The lowest BCUT2D eigenvalue weighted by Crippen LogP contribution is -1.97. The first kappa shape index (κ1) is 22.7. The average Bonchev–Trinajstić information content (AvgIpc) is 3.78. The highest BCUT2D eigenvalue weighted by atomic mass is 15.0. The van der Waals surface area contributed by atoms with E-state index in [1.54, 1.807) is 0 Å². The minimum atomic E-state index is 0.922. The van der Waals surface area contributed by atoms with Gasteiger partial charge in [0.2, 0.25) is 0 Å². The molecule has 5 aromatic heterocycles. The second-order valence-corrected chi connectivity index (χ2v) is 11.1. The molecule has 5 heteroatoms. The number of hydrogen-bond donors (Lipinski definition) is 0. The molecule has 5 nitrogen and oxygen atoms in total. The number of benzene rings is 5. The van der Waals surface area contributed by atoms with Gasteiger partial charge in [-0.05, 0) is 60.7 Å². The zero-order valence-corrected chi connectivity index (χ0v) is 23.0. The van der Waals surface area contributed by atoms with E-state index < -0.39 is 0 Å². The van der Waals surface area contributed by atoms with Gasteiger partial charge >= 0.3 is 0 Å². The Morgan fingerprint density at radius 3 is 1.88 bits per heavy atom. The van der Waals surface area contributed by atoms with Crippen LogP contribution in [0.5, 0.6) is 0 Å². The maximum Gasteiger partial charge on any atom is 0.146 e. The molecule has 0 saturated heterocycles. The van der Waals surface area contributed by atoms with Crippen molar-refractivity contribution in [1.29, 1.82) is 0 Å². The van der Waals surface area contributed by atoms with Crippen LogP contribution in [0.15, 0.2) is 140 Å². The standard InChI is InChI=1S/C38H23N5/c1-3-10-24(11-4-1)42-29-16-8-7-14-26(29)33-31(42)19-20-32-34(33)27-17-18-30-35(37(27)43(32)25-12-5-2-6-13-25)36-28(15-9-21-39-36)38-40-22-23-41(30)38/h1-23H. The summed E-state index contributed by atoms with van der Waals surface area (Å²) in [5.74, 6) is 0. The smallest absolute Gasteiger partial charge is 0.146 e. The van der Waals surface area contributed by atoms with Gasteiger partial charge in [0.05, 0.1) is 33.1 Å². The molecule has 0 aliphatic heterocycles. The molecule has 0 N–H and O–H groups in total. The Labute approximate surface area is 245 Å². The van der Waals surface area contributed by atoms with Gasteiger partial charge in [0.1, 0.15) is 5.65 Å². The van der Waals surface area contributed by atoms with Gasteiger partial charge in [-0.3, -0.25) is 9.38 Å². The van der Waals surface area contributed by atoms with Gasteiger partial charge in [0.15, 0.2) is 0 Å². The Bertz CT molecular complexity index is 2710. The van der Waals surface area contributed by atoms with Gasteiger partial charge < -0.3 is 9.13 Å². The van der Waals surface area contributed by atoms with E-state index in [0.717, 1.165) is 44.3 Å². The van der Waals surface area contributed by atoms with E-state index in [9.17, 15) is 0 Å². The molecule has 0 aliphatic rings. The highest BCUT2D eigenvalue weighted by Crippen LogP contribution is 2.45. The third-order valence-electron chi connectivity index (χ3n) is 8.92. The Morgan fingerprint density at radius 1 is 0.419 bits per heavy atom. The molecule has 0 fully saturated rings. The maximum atomic E-state index is 4.98. The number of nitrogens with zero attached hydrogens (tertiary/aromatic N) is 5. The summed E-state index contributed by atoms with van der Waals surface area (Å²) in [6.45, 7) is 0. The van der Waals surface area contributed by atoms with Crippen molar-refractivity contribution in [3.05, 3.63) is 140 Å². The van der Waals surface area contributed by atoms with E-state index in [1.165, 1.54) is 38.1 Å². The summed E-state index contributed by atoms with van der Waals surface area (Å²) < 4.78 is 7.02. The molecule has 10 rings (SSSR count). The summed E-state index contributed by atoms with van der Waals surface area (Å²) >= 11 is 0. The average molecular weight is 550 g/mol. The van der Waals surface area contributed by atoms with E-state index in [1.807, 2.05) is 18.5 Å². The van der Waals surface area contributed by atoms with Crippen molar-refractivity contribution < 1.29 is 0 Å². The lowest BCUT2D eigenvalue weighted by Gasteiger charge is -2.12. The van der Waals surface area contributed by atoms with E-state index in [4.69, 9.17) is 9.97 Å². The summed E-state index contributed by atoms with van der Waals surface area (Å²) in [5.41, 5.74) is 9.97. The Kier molecular flexibility index (Phi) is 4.39. The van der Waals surface area contributed by atoms with Crippen LogP contribution >= 0.6 is 0 Å². The van der Waals surface area contributed by atoms with E-state index >= 15 is 0 Å². The van der Waals surface area contributed by atoms with Gasteiger partial charge in [-0.2, -0.15) is 0 Å². The van der Waals surface area contributed by atoms with Crippen molar-refractivity contribution >= 4 is 71.1 Å². The minimum Gasteiger partial charge on any atom is -0.309 e. The van der Waals surface area contributed by atoms with Crippen molar-refractivity contribution in [2.45, 2.75) is 0 Å². The summed E-state index contributed by atoms with van der Waals surface area (Å²) in [5, 5.41) is 7.13. The number of hydrogen-bond acceptors (Lipinski definition) is 2. The molecular weight excluding hydrogens is 526 g/mol. The molecule has 200 valence electrons. The number of fused-ring (bicyclic) bond motifs is 14. The molecule has 43 heavy (non-hydrogen) atoms. The lowest BCUT2D eigenvalue weighted by molar-refractivity contribution is 1.17. The van der Waals surface area contributed by atoms with Crippen LogP contribution in [0.4, 0.5) is 0 Å². The number of para-hydroxylation sites is 3. The molecular formula is C38H23N5. The summed E-state index contributed by atoms with van der Waals surface area (Å²) in [4.78, 5) is 9.70. The second kappa shape index (κ2) is 8.30. The summed E-state index contributed by atoms with van der Waals surface area (Å²) in [7, 11) is 0. The molecule has 0 spiro atoms. The van der Waals surface area contributed by atoms with Crippen LogP contribution < -0.4 is 0 Å². The third-order valence-corrected chi connectivity index (χ3v) is 8.92. The molecule has 0 unspecified atom stereocenters.